The number of allylic oxidation sites excluding steroid dienone is 2. The number of hydrogen-bond acceptors (Lipinski definition) is 3. The minimum Gasteiger partial charge on any atom is -0.329 e. The molecule has 2 N–H and O–H groups in total. The number of carbonyl (C=O) groups is 3. The van der Waals surface area contributed by atoms with Crippen molar-refractivity contribution in [2.75, 3.05) is 5.32 Å². The zero-order chi connectivity index (χ0) is 18.2. The molecule has 0 saturated carbocycles. The summed E-state index contributed by atoms with van der Waals surface area (Å²) in [7, 11) is 0. The number of alkyl halides is 3. The lowest BCUT2D eigenvalue weighted by atomic mass is 9.76. The first-order valence-corrected chi connectivity index (χ1v) is 7.77. The Kier molecular flexibility index (Phi) is 4.36. The van der Waals surface area contributed by atoms with Crippen molar-refractivity contribution in [3.05, 3.63) is 41.6 Å². The van der Waals surface area contributed by atoms with Crippen molar-refractivity contribution in [2.24, 2.45) is 11.8 Å². The lowest BCUT2D eigenvalue weighted by Gasteiger charge is -2.34. The highest BCUT2D eigenvalue weighted by Gasteiger charge is 2.43. The third-order valence-electron chi connectivity index (χ3n) is 4.36. The predicted molar refractivity (Wildman–Crippen MR) is 82.1 cm³/mol. The van der Waals surface area contributed by atoms with E-state index in [4.69, 9.17) is 0 Å². The molecular weight excluding hydrogens is 337 g/mol. The molecule has 1 heterocycles. The minimum absolute atomic E-state index is 0.193. The van der Waals surface area contributed by atoms with Crippen molar-refractivity contribution in [2.45, 2.75) is 25.4 Å². The standard InChI is InChI=1S/C17H15F3N2O3/c18-17(19,20)10-4-1-2-5-11(10)22-16(25)9-8-14(24)21-12-6-3-7-13(23)15(9)12/h1-2,4-6,9,15H,3,7-8H2,(H,21,24)(H,22,25)/t9-,15+/m1/s1. The Bertz CT molecular complexity index is 771. The highest BCUT2D eigenvalue weighted by Crippen LogP contribution is 2.37. The number of carbonyl (C=O) groups excluding carboxylic acids is 3. The van der Waals surface area contributed by atoms with Crippen molar-refractivity contribution in [1.29, 1.82) is 0 Å². The molecule has 0 aromatic heterocycles. The predicted octanol–water partition coefficient (Wildman–Crippen LogP) is 2.64. The van der Waals surface area contributed by atoms with Gasteiger partial charge in [0.1, 0.15) is 5.78 Å². The molecule has 1 fully saturated rings. The molecule has 2 aliphatic rings. The van der Waals surface area contributed by atoms with Crippen LogP contribution >= 0.6 is 0 Å². The smallest absolute Gasteiger partial charge is 0.329 e. The van der Waals surface area contributed by atoms with Gasteiger partial charge in [-0.1, -0.05) is 18.2 Å². The molecule has 0 spiro atoms. The summed E-state index contributed by atoms with van der Waals surface area (Å²) in [4.78, 5) is 36.5. The second-order valence-electron chi connectivity index (χ2n) is 6.03. The molecule has 2 atom stereocenters. The van der Waals surface area contributed by atoms with Gasteiger partial charge in [0, 0.05) is 18.5 Å². The second-order valence-corrected chi connectivity index (χ2v) is 6.03. The van der Waals surface area contributed by atoms with Crippen LogP contribution in [0.5, 0.6) is 0 Å². The van der Waals surface area contributed by atoms with E-state index >= 15 is 0 Å². The fraction of sp³-hybridized carbons (Fsp3) is 0.353. The van der Waals surface area contributed by atoms with E-state index in [9.17, 15) is 27.6 Å². The molecule has 0 bridgehead atoms. The van der Waals surface area contributed by atoms with E-state index in [1.165, 1.54) is 12.1 Å². The SMILES string of the molecule is O=C1C[C@@H](C(=O)Nc2ccccc2C(F)(F)F)[C@@H]2C(=O)CCC=C2N1. The fourth-order valence-electron chi connectivity index (χ4n) is 3.23. The maximum Gasteiger partial charge on any atom is 0.418 e. The van der Waals surface area contributed by atoms with E-state index in [0.717, 1.165) is 12.1 Å². The zero-order valence-corrected chi connectivity index (χ0v) is 13.0. The summed E-state index contributed by atoms with van der Waals surface area (Å²) in [5, 5.41) is 4.82. The Balaban J connectivity index is 1.88. The first-order chi connectivity index (χ1) is 11.8. The van der Waals surface area contributed by atoms with Crippen molar-refractivity contribution in [1.82, 2.24) is 5.32 Å². The van der Waals surface area contributed by atoms with Gasteiger partial charge in [-0.15, -0.1) is 0 Å². The average Bonchev–Trinajstić information content (AvgIpc) is 2.53. The monoisotopic (exact) mass is 352 g/mol. The number of nitrogens with one attached hydrogen (secondary N) is 2. The van der Waals surface area contributed by atoms with Gasteiger partial charge in [0.25, 0.3) is 0 Å². The Morgan fingerprint density at radius 1 is 1.20 bits per heavy atom. The highest BCUT2D eigenvalue weighted by molar-refractivity contribution is 6.02. The molecule has 132 valence electrons. The van der Waals surface area contributed by atoms with Crippen LogP contribution in [0.1, 0.15) is 24.8 Å². The molecule has 8 heteroatoms. The van der Waals surface area contributed by atoms with Gasteiger partial charge in [0.05, 0.1) is 23.1 Å². The van der Waals surface area contributed by atoms with Gasteiger partial charge < -0.3 is 10.6 Å². The Labute approximate surface area is 141 Å². The molecule has 5 nitrogen and oxygen atoms in total. The van der Waals surface area contributed by atoms with Crippen LogP contribution in [0, 0.1) is 11.8 Å². The maximum atomic E-state index is 13.1. The van der Waals surface area contributed by atoms with Gasteiger partial charge in [0.15, 0.2) is 0 Å². The van der Waals surface area contributed by atoms with E-state index in [1.54, 1.807) is 6.08 Å². The summed E-state index contributed by atoms with van der Waals surface area (Å²) in [5.41, 5.74) is -0.995. The van der Waals surface area contributed by atoms with E-state index in [-0.39, 0.29) is 24.3 Å². The molecule has 0 unspecified atom stereocenters. The van der Waals surface area contributed by atoms with E-state index < -0.39 is 35.4 Å². The Morgan fingerprint density at radius 2 is 1.92 bits per heavy atom. The molecule has 2 amide bonds. The molecule has 25 heavy (non-hydrogen) atoms. The van der Waals surface area contributed by atoms with E-state index in [0.29, 0.717) is 12.1 Å². The number of hydrogen-bond donors (Lipinski definition) is 2. The summed E-state index contributed by atoms with van der Waals surface area (Å²) in [6, 6.07) is 4.59. The number of para-hydroxylation sites is 1. The van der Waals surface area contributed by atoms with Crippen molar-refractivity contribution in [3.8, 4) is 0 Å². The largest absolute Gasteiger partial charge is 0.418 e. The van der Waals surface area contributed by atoms with Crippen LogP contribution < -0.4 is 10.6 Å². The number of Topliss-reactive ketones (excluding diaryl/α,β-unsaturated/α-hetero) is 1. The van der Waals surface area contributed by atoms with E-state index in [2.05, 4.69) is 10.6 Å². The number of fused-ring (bicyclic) bond motifs is 1. The lowest BCUT2D eigenvalue weighted by molar-refractivity contribution is -0.138. The Morgan fingerprint density at radius 3 is 2.64 bits per heavy atom. The molecule has 1 aliphatic carbocycles. The first kappa shape index (κ1) is 17.2. The van der Waals surface area contributed by atoms with Gasteiger partial charge in [-0.3, -0.25) is 14.4 Å². The number of rotatable bonds is 2. The topological polar surface area (TPSA) is 75.3 Å². The van der Waals surface area contributed by atoms with Crippen molar-refractivity contribution >= 4 is 23.3 Å². The first-order valence-electron chi connectivity index (χ1n) is 7.77. The fourth-order valence-corrected chi connectivity index (χ4v) is 3.23. The number of piperidine rings is 1. The molecule has 0 radical (unpaired) electrons. The summed E-state index contributed by atoms with van der Waals surface area (Å²) >= 11 is 0. The van der Waals surface area contributed by atoms with Crippen LogP contribution in [0.4, 0.5) is 18.9 Å². The summed E-state index contributed by atoms with van der Waals surface area (Å²) in [6.45, 7) is 0. The third kappa shape index (κ3) is 3.42. The summed E-state index contributed by atoms with van der Waals surface area (Å²) < 4.78 is 39.2. The molecule has 1 saturated heterocycles. The average molecular weight is 352 g/mol. The number of amides is 2. The van der Waals surface area contributed by atoms with Crippen molar-refractivity contribution in [3.63, 3.8) is 0 Å². The van der Waals surface area contributed by atoms with Crippen LogP contribution in [0.25, 0.3) is 0 Å². The van der Waals surface area contributed by atoms with Gasteiger partial charge in [-0.05, 0) is 18.6 Å². The normalized spacial score (nSPS) is 23.4. The molecular formula is C17H15F3N2O3. The second kappa shape index (κ2) is 6.34. The third-order valence-corrected chi connectivity index (χ3v) is 4.36. The van der Waals surface area contributed by atoms with Crippen LogP contribution in [0.3, 0.4) is 0 Å². The van der Waals surface area contributed by atoms with Crippen LogP contribution in [0.15, 0.2) is 36.0 Å². The zero-order valence-electron chi connectivity index (χ0n) is 13.0. The maximum absolute atomic E-state index is 13.1. The minimum atomic E-state index is -4.63. The van der Waals surface area contributed by atoms with Gasteiger partial charge in [-0.25, -0.2) is 0 Å². The van der Waals surface area contributed by atoms with Gasteiger partial charge in [0.2, 0.25) is 11.8 Å². The van der Waals surface area contributed by atoms with Gasteiger partial charge in [-0.2, -0.15) is 13.2 Å². The number of anilines is 1. The quantitative estimate of drug-likeness (QED) is 0.859. The summed E-state index contributed by atoms with van der Waals surface area (Å²) in [6.07, 6.45) is -2.47. The molecule has 1 aliphatic heterocycles. The van der Waals surface area contributed by atoms with Crippen LogP contribution in [-0.2, 0) is 20.6 Å². The lowest BCUT2D eigenvalue weighted by Crippen LogP contribution is -2.48. The number of ketones is 1. The van der Waals surface area contributed by atoms with Gasteiger partial charge >= 0.3 is 6.18 Å². The number of benzene rings is 1. The summed E-state index contributed by atoms with van der Waals surface area (Å²) in [5.74, 6) is -3.22. The van der Waals surface area contributed by atoms with Crippen LogP contribution in [-0.4, -0.2) is 17.6 Å². The highest BCUT2D eigenvalue weighted by atomic mass is 19.4. The van der Waals surface area contributed by atoms with Crippen LogP contribution in [0.2, 0.25) is 0 Å². The molecule has 1 aromatic carbocycles. The van der Waals surface area contributed by atoms with Crippen molar-refractivity contribution < 1.29 is 27.6 Å². The molecule has 3 rings (SSSR count). The Hall–Kier alpha value is -2.64. The number of halogens is 3. The molecule has 1 aromatic rings. The van der Waals surface area contributed by atoms with E-state index in [1.807, 2.05) is 0 Å².